The number of nitrogens with zero attached hydrogens (tertiary/aromatic N) is 2. The summed E-state index contributed by atoms with van der Waals surface area (Å²) in [6, 6.07) is 4.62. The summed E-state index contributed by atoms with van der Waals surface area (Å²) in [6.07, 6.45) is 0.764. The summed E-state index contributed by atoms with van der Waals surface area (Å²) in [5.41, 5.74) is 5.99. The van der Waals surface area contributed by atoms with Crippen LogP contribution in [0.3, 0.4) is 0 Å². The van der Waals surface area contributed by atoms with Crippen LogP contribution in [-0.2, 0) is 5.54 Å². The van der Waals surface area contributed by atoms with Crippen molar-refractivity contribution in [1.82, 2.24) is 0 Å². The molecule has 0 amide bonds. The summed E-state index contributed by atoms with van der Waals surface area (Å²) in [4.78, 5) is 15.0. The Morgan fingerprint density at radius 2 is 2.35 bits per heavy atom. The van der Waals surface area contributed by atoms with E-state index in [1.165, 1.54) is 23.9 Å². The summed E-state index contributed by atoms with van der Waals surface area (Å²) >= 11 is 1.50. The first-order chi connectivity index (χ1) is 9.46. The lowest BCUT2D eigenvalue weighted by Gasteiger charge is -2.30. The van der Waals surface area contributed by atoms with Crippen molar-refractivity contribution in [2.24, 2.45) is 10.7 Å². The molecule has 0 unspecified atom stereocenters. The molecule has 108 valence electrons. The largest absolute Gasteiger partial charge is 0.493 e. The van der Waals surface area contributed by atoms with Gasteiger partial charge >= 0.3 is 0 Å². The molecule has 6 nitrogen and oxygen atoms in total. The highest BCUT2D eigenvalue weighted by Gasteiger charge is 2.33. The second-order valence-electron chi connectivity index (χ2n) is 4.69. The highest BCUT2D eigenvalue weighted by atomic mass is 32.2. The number of non-ortho nitro benzene ring substituents is 1. The van der Waals surface area contributed by atoms with Gasteiger partial charge in [-0.05, 0) is 26.3 Å². The van der Waals surface area contributed by atoms with Crippen LogP contribution in [0.25, 0.3) is 0 Å². The van der Waals surface area contributed by atoms with Gasteiger partial charge in [0.1, 0.15) is 5.75 Å². The molecule has 0 aliphatic carbocycles. The van der Waals surface area contributed by atoms with E-state index in [1.807, 2.05) is 13.8 Å². The number of thioether (sulfide) groups is 1. The van der Waals surface area contributed by atoms with Crippen molar-refractivity contribution in [3.63, 3.8) is 0 Å². The number of hydrogen-bond acceptors (Lipinski definition) is 6. The summed E-state index contributed by atoms with van der Waals surface area (Å²) < 4.78 is 5.59. The van der Waals surface area contributed by atoms with Gasteiger partial charge in [0.2, 0.25) is 0 Å². The highest BCUT2D eigenvalue weighted by molar-refractivity contribution is 8.13. The molecule has 0 fully saturated rings. The van der Waals surface area contributed by atoms with E-state index >= 15 is 0 Å². The van der Waals surface area contributed by atoms with Gasteiger partial charge in [0.05, 0.1) is 17.1 Å². The van der Waals surface area contributed by atoms with Gasteiger partial charge in [-0.25, -0.2) is 0 Å². The Balaban J connectivity index is 2.54. The van der Waals surface area contributed by atoms with E-state index in [2.05, 4.69) is 4.99 Å². The van der Waals surface area contributed by atoms with Gasteiger partial charge in [-0.3, -0.25) is 15.1 Å². The smallest absolute Gasteiger partial charge is 0.270 e. The third-order valence-electron chi connectivity index (χ3n) is 3.25. The Kier molecular flexibility index (Phi) is 4.17. The maximum absolute atomic E-state index is 11.0. The van der Waals surface area contributed by atoms with E-state index in [4.69, 9.17) is 10.5 Å². The quantitative estimate of drug-likeness (QED) is 0.681. The number of aliphatic imine (C=N–C) groups is 1. The van der Waals surface area contributed by atoms with Gasteiger partial charge in [-0.15, -0.1) is 0 Å². The number of hydrogen-bond donors (Lipinski definition) is 1. The van der Waals surface area contributed by atoms with E-state index in [1.54, 1.807) is 6.07 Å². The normalized spacial score (nSPS) is 22.2. The fourth-order valence-electron chi connectivity index (χ4n) is 2.21. The van der Waals surface area contributed by atoms with Gasteiger partial charge in [0.15, 0.2) is 5.17 Å². The van der Waals surface area contributed by atoms with Gasteiger partial charge < -0.3 is 10.5 Å². The first-order valence-corrected chi connectivity index (χ1v) is 7.34. The van der Waals surface area contributed by atoms with Crippen LogP contribution >= 0.6 is 11.8 Å². The first-order valence-electron chi connectivity index (χ1n) is 6.36. The zero-order valence-corrected chi connectivity index (χ0v) is 12.3. The number of nitro benzene ring substituents is 1. The molecule has 0 saturated carbocycles. The lowest BCUT2D eigenvalue weighted by Crippen LogP contribution is -2.29. The number of rotatable bonds is 4. The molecule has 0 bridgehead atoms. The topological polar surface area (TPSA) is 90.8 Å². The van der Waals surface area contributed by atoms with Crippen LogP contribution in [0.4, 0.5) is 5.69 Å². The maximum atomic E-state index is 11.0. The molecule has 1 aromatic rings. The molecule has 1 aromatic carbocycles. The molecule has 0 aromatic heterocycles. The van der Waals surface area contributed by atoms with Crippen molar-refractivity contribution in [3.8, 4) is 5.75 Å². The fraction of sp³-hybridized carbons (Fsp3) is 0.462. The Hall–Kier alpha value is -1.76. The standard InChI is InChI=1S/C13H17N3O3S/c1-3-19-11-5-4-9(16(17)18)8-10(11)13(2)6-7-20-12(14)15-13/h4-5,8H,3,6-7H2,1-2H3,(H2,14,15)/t13-/m0/s1. The van der Waals surface area contributed by atoms with Crippen LogP contribution in [-0.4, -0.2) is 22.5 Å². The number of benzene rings is 1. The summed E-state index contributed by atoms with van der Waals surface area (Å²) in [5, 5.41) is 11.5. The molecular formula is C13H17N3O3S. The second-order valence-corrected chi connectivity index (χ2v) is 5.81. The lowest BCUT2D eigenvalue weighted by atomic mass is 9.88. The Morgan fingerprint density at radius 3 is 2.95 bits per heavy atom. The van der Waals surface area contributed by atoms with Gasteiger partial charge in [0.25, 0.3) is 5.69 Å². The molecule has 2 rings (SSSR count). The van der Waals surface area contributed by atoms with Crippen LogP contribution in [0.5, 0.6) is 5.75 Å². The predicted octanol–water partition coefficient (Wildman–Crippen LogP) is 2.66. The average molecular weight is 295 g/mol. The van der Waals surface area contributed by atoms with Gasteiger partial charge in [-0.1, -0.05) is 11.8 Å². The van der Waals surface area contributed by atoms with Crippen molar-refractivity contribution >= 4 is 22.6 Å². The minimum absolute atomic E-state index is 0.0386. The molecule has 1 atom stereocenters. The average Bonchev–Trinajstić information content (AvgIpc) is 2.38. The van der Waals surface area contributed by atoms with E-state index in [0.717, 1.165) is 17.7 Å². The minimum Gasteiger partial charge on any atom is -0.493 e. The molecule has 1 aliphatic heterocycles. The monoisotopic (exact) mass is 295 g/mol. The van der Waals surface area contributed by atoms with Crippen LogP contribution < -0.4 is 10.5 Å². The molecule has 7 heteroatoms. The predicted molar refractivity (Wildman–Crippen MR) is 80.3 cm³/mol. The van der Waals surface area contributed by atoms with Crippen LogP contribution in [0.1, 0.15) is 25.8 Å². The number of nitrogens with two attached hydrogens (primary N) is 1. The van der Waals surface area contributed by atoms with Gasteiger partial charge in [0, 0.05) is 23.4 Å². The Labute approximate surface area is 121 Å². The van der Waals surface area contributed by atoms with Crippen molar-refractivity contribution in [2.45, 2.75) is 25.8 Å². The zero-order valence-electron chi connectivity index (χ0n) is 11.5. The molecule has 1 aliphatic rings. The second kappa shape index (κ2) is 5.70. The van der Waals surface area contributed by atoms with Crippen LogP contribution in [0.15, 0.2) is 23.2 Å². The summed E-state index contributed by atoms with van der Waals surface area (Å²) in [5.74, 6) is 1.46. The van der Waals surface area contributed by atoms with E-state index in [9.17, 15) is 10.1 Å². The van der Waals surface area contributed by atoms with E-state index in [0.29, 0.717) is 17.5 Å². The molecular weight excluding hydrogens is 278 g/mol. The molecule has 2 N–H and O–H groups in total. The third kappa shape index (κ3) is 2.87. The van der Waals surface area contributed by atoms with Crippen molar-refractivity contribution in [2.75, 3.05) is 12.4 Å². The minimum atomic E-state index is -0.578. The molecule has 1 heterocycles. The highest BCUT2D eigenvalue weighted by Crippen LogP contribution is 2.41. The van der Waals surface area contributed by atoms with Crippen molar-refractivity contribution < 1.29 is 9.66 Å². The zero-order chi connectivity index (χ0) is 14.8. The number of nitro groups is 1. The molecule has 20 heavy (non-hydrogen) atoms. The number of amidine groups is 1. The first kappa shape index (κ1) is 14.6. The maximum Gasteiger partial charge on any atom is 0.270 e. The van der Waals surface area contributed by atoms with Crippen LogP contribution in [0, 0.1) is 10.1 Å². The Bertz CT molecular complexity index is 562. The lowest BCUT2D eigenvalue weighted by molar-refractivity contribution is -0.385. The number of ether oxygens (including phenoxy) is 1. The van der Waals surface area contributed by atoms with E-state index < -0.39 is 10.5 Å². The van der Waals surface area contributed by atoms with E-state index in [-0.39, 0.29) is 5.69 Å². The Morgan fingerprint density at radius 1 is 1.60 bits per heavy atom. The fourth-order valence-corrected chi connectivity index (χ4v) is 3.19. The SMILES string of the molecule is CCOc1ccc([N+](=O)[O-])cc1[C@]1(C)CCSC(N)=N1. The van der Waals surface area contributed by atoms with Crippen LogP contribution in [0.2, 0.25) is 0 Å². The molecule has 0 spiro atoms. The van der Waals surface area contributed by atoms with Crippen molar-refractivity contribution in [3.05, 3.63) is 33.9 Å². The van der Waals surface area contributed by atoms with Crippen molar-refractivity contribution in [1.29, 1.82) is 0 Å². The van der Waals surface area contributed by atoms with Gasteiger partial charge in [-0.2, -0.15) is 0 Å². The third-order valence-corrected chi connectivity index (χ3v) is 4.05. The summed E-state index contributed by atoms with van der Waals surface area (Å²) in [7, 11) is 0. The molecule has 0 saturated heterocycles. The molecule has 0 radical (unpaired) electrons. The summed E-state index contributed by atoms with van der Waals surface area (Å²) in [6.45, 7) is 4.30.